The van der Waals surface area contributed by atoms with Crippen LogP contribution in [0.3, 0.4) is 0 Å². The van der Waals surface area contributed by atoms with E-state index in [-0.39, 0.29) is 9.79 Å². The number of likely N-dealkylation sites (N-methyl/N-ethyl adjacent to an activating group) is 1. The molecule has 30 heavy (non-hydrogen) atoms. The van der Waals surface area contributed by atoms with Crippen molar-refractivity contribution in [3.8, 4) is 0 Å². The fraction of sp³-hybridized carbons (Fsp3) is 0.316. The molecule has 0 fully saturated rings. The zero-order valence-electron chi connectivity index (χ0n) is 16.9. The van der Waals surface area contributed by atoms with Gasteiger partial charge in [-0.1, -0.05) is 25.4 Å². The summed E-state index contributed by atoms with van der Waals surface area (Å²) in [6.07, 6.45) is 0. The lowest BCUT2D eigenvalue weighted by Gasteiger charge is -2.19. The van der Waals surface area contributed by atoms with Crippen LogP contribution < -0.4 is 5.32 Å². The maximum atomic E-state index is 12.5. The number of amides is 1. The molecule has 2 rings (SSSR count). The summed E-state index contributed by atoms with van der Waals surface area (Å²) in [5.74, 6) is -0.561. The molecule has 0 heterocycles. The molecule has 0 aromatic heterocycles. The van der Waals surface area contributed by atoms with Crippen LogP contribution in [-0.2, 0) is 24.8 Å². The van der Waals surface area contributed by atoms with Crippen LogP contribution in [0.15, 0.2) is 58.3 Å². The first-order valence-corrected chi connectivity index (χ1v) is 12.4. The van der Waals surface area contributed by atoms with Gasteiger partial charge in [0.05, 0.1) is 16.3 Å². The molecule has 1 amide bonds. The molecule has 0 atom stereocenters. The first-order chi connectivity index (χ1) is 14.0. The summed E-state index contributed by atoms with van der Waals surface area (Å²) in [6.45, 7) is 3.80. The van der Waals surface area contributed by atoms with Gasteiger partial charge in [-0.05, 0) is 48.5 Å². The Labute approximate surface area is 182 Å². The molecule has 0 saturated carbocycles. The molecule has 0 aliphatic heterocycles. The lowest BCUT2D eigenvalue weighted by Crippen LogP contribution is -2.35. The van der Waals surface area contributed by atoms with E-state index < -0.39 is 32.5 Å². The molecule has 11 heteroatoms. The number of sulfonamides is 2. The number of nitrogens with one attached hydrogen (secondary N) is 1. The molecule has 0 radical (unpaired) electrons. The van der Waals surface area contributed by atoms with Crippen LogP contribution in [-0.4, -0.2) is 58.0 Å². The Morgan fingerprint density at radius 2 is 1.33 bits per heavy atom. The third-order valence-corrected chi connectivity index (χ3v) is 8.50. The molecule has 0 spiro atoms. The van der Waals surface area contributed by atoms with E-state index in [1.807, 2.05) is 0 Å². The number of nitrogens with zero attached hydrogens (tertiary/aromatic N) is 2. The lowest BCUT2D eigenvalue weighted by atomic mass is 10.3. The van der Waals surface area contributed by atoms with Gasteiger partial charge in [0.1, 0.15) is 0 Å². The summed E-state index contributed by atoms with van der Waals surface area (Å²) in [6, 6.07) is 11.4. The first-order valence-electron chi connectivity index (χ1n) is 9.14. The number of hydrogen-bond acceptors (Lipinski definition) is 5. The average molecular weight is 474 g/mol. The van der Waals surface area contributed by atoms with Gasteiger partial charge in [-0.3, -0.25) is 4.79 Å². The van der Waals surface area contributed by atoms with Gasteiger partial charge in [0.2, 0.25) is 26.0 Å². The Bertz CT molecular complexity index is 1080. The first kappa shape index (κ1) is 24.3. The van der Waals surface area contributed by atoms with Crippen LogP contribution in [0.1, 0.15) is 13.8 Å². The summed E-state index contributed by atoms with van der Waals surface area (Å²) < 4.78 is 52.3. The summed E-state index contributed by atoms with van der Waals surface area (Å²) in [5.41, 5.74) is 0.357. The van der Waals surface area contributed by atoms with Crippen molar-refractivity contribution in [2.45, 2.75) is 23.6 Å². The topological polar surface area (TPSA) is 104 Å². The molecule has 0 bridgehead atoms. The summed E-state index contributed by atoms with van der Waals surface area (Å²) >= 11 is 5.78. The molecule has 0 aliphatic carbocycles. The van der Waals surface area contributed by atoms with E-state index in [9.17, 15) is 21.6 Å². The third-order valence-electron chi connectivity index (χ3n) is 4.37. The average Bonchev–Trinajstić information content (AvgIpc) is 2.69. The Hall–Kier alpha value is -1.98. The van der Waals surface area contributed by atoms with E-state index in [1.54, 1.807) is 13.8 Å². The van der Waals surface area contributed by atoms with Gasteiger partial charge in [-0.25, -0.2) is 16.8 Å². The normalized spacial score (nSPS) is 12.3. The highest BCUT2D eigenvalue weighted by Crippen LogP contribution is 2.19. The molecule has 1 N–H and O–H groups in total. The van der Waals surface area contributed by atoms with Crippen LogP contribution in [0.5, 0.6) is 0 Å². The van der Waals surface area contributed by atoms with Gasteiger partial charge in [0, 0.05) is 30.8 Å². The van der Waals surface area contributed by atoms with E-state index in [2.05, 4.69) is 5.32 Å². The van der Waals surface area contributed by atoms with Crippen molar-refractivity contribution in [3.63, 3.8) is 0 Å². The van der Waals surface area contributed by atoms with Crippen molar-refractivity contribution in [2.24, 2.45) is 0 Å². The van der Waals surface area contributed by atoms with Crippen LogP contribution in [0.2, 0.25) is 5.02 Å². The second-order valence-corrected chi connectivity index (χ2v) is 10.8. The molecule has 164 valence electrons. The minimum absolute atomic E-state index is 0.0214. The van der Waals surface area contributed by atoms with Crippen LogP contribution >= 0.6 is 11.6 Å². The van der Waals surface area contributed by atoms with Crippen LogP contribution in [0.25, 0.3) is 0 Å². The van der Waals surface area contributed by atoms with Gasteiger partial charge >= 0.3 is 0 Å². The molecule has 0 saturated heterocycles. The molecule has 0 unspecified atom stereocenters. The number of hydrogen-bond donors (Lipinski definition) is 1. The zero-order valence-corrected chi connectivity index (χ0v) is 19.3. The molecule has 0 aliphatic rings. The van der Waals surface area contributed by atoms with Gasteiger partial charge in [0.15, 0.2) is 0 Å². The number of benzene rings is 2. The Morgan fingerprint density at radius 3 is 1.83 bits per heavy atom. The van der Waals surface area contributed by atoms with Gasteiger partial charge in [-0.2, -0.15) is 8.61 Å². The monoisotopic (exact) mass is 473 g/mol. The zero-order chi connectivity index (χ0) is 22.5. The van der Waals surface area contributed by atoms with Crippen molar-refractivity contribution in [1.82, 2.24) is 8.61 Å². The predicted octanol–water partition coefficient (Wildman–Crippen LogP) is 2.63. The van der Waals surface area contributed by atoms with E-state index >= 15 is 0 Å². The van der Waals surface area contributed by atoms with Crippen molar-refractivity contribution in [3.05, 3.63) is 53.6 Å². The smallest absolute Gasteiger partial charge is 0.243 e. The standard InChI is InChI=1S/C19H24ClN3O5S2/c1-4-23(5-2)30(27,28)18-12-8-16(9-13-18)21-19(24)14-22(3)29(25,26)17-10-6-15(20)7-11-17/h6-13H,4-5,14H2,1-3H3,(H,21,24). The largest absolute Gasteiger partial charge is 0.325 e. The van der Waals surface area contributed by atoms with Crippen LogP contribution in [0, 0.1) is 0 Å². The number of halogens is 1. The highest BCUT2D eigenvalue weighted by molar-refractivity contribution is 7.89. The van der Waals surface area contributed by atoms with Crippen LogP contribution in [0.4, 0.5) is 5.69 Å². The maximum Gasteiger partial charge on any atom is 0.243 e. The minimum Gasteiger partial charge on any atom is -0.325 e. The minimum atomic E-state index is -3.86. The number of rotatable bonds is 9. The third kappa shape index (κ3) is 5.58. The molecule has 8 nitrogen and oxygen atoms in total. The molecule has 2 aromatic rings. The SMILES string of the molecule is CCN(CC)S(=O)(=O)c1ccc(NC(=O)CN(C)S(=O)(=O)c2ccc(Cl)cc2)cc1. The second-order valence-electron chi connectivity index (χ2n) is 6.38. The second kappa shape index (κ2) is 9.88. The molecular weight excluding hydrogens is 450 g/mol. The summed E-state index contributed by atoms with van der Waals surface area (Å²) in [4.78, 5) is 12.4. The quantitative estimate of drug-likeness (QED) is 0.602. The number of carbonyl (C=O) groups excluding carboxylic acids is 1. The van der Waals surface area contributed by atoms with Gasteiger partial charge in [-0.15, -0.1) is 0 Å². The maximum absolute atomic E-state index is 12.5. The Balaban J connectivity index is 2.07. The highest BCUT2D eigenvalue weighted by atomic mass is 35.5. The van der Waals surface area contributed by atoms with Gasteiger partial charge < -0.3 is 5.32 Å². The highest BCUT2D eigenvalue weighted by Gasteiger charge is 2.24. The van der Waals surface area contributed by atoms with Crippen molar-refractivity contribution in [1.29, 1.82) is 0 Å². The van der Waals surface area contributed by atoms with E-state index in [4.69, 9.17) is 11.6 Å². The van der Waals surface area contributed by atoms with Crippen molar-refractivity contribution >= 4 is 43.2 Å². The fourth-order valence-corrected chi connectivity index (χ4v) is 5.41. The van der Waals surface area contributed by atoms with E-state index in [0.717, 1.165) is 4.31 Å². The molecular formula is C19H24ClN3O5S2. The van der Waals surface area contributed by atoms with Crippen molar-refractivity contribution in [2.75, 3.05) is 32.0 Å². The van der Waals surface area contributed by atoms with Crippen molar-refractivity contribution < 1.29 is 21.6 Å². The predicted molar refractivity (Wildman–Crippen MR) is 116 cm³/mol. The Kier molecular flexibility index (Phi) is 8.00. The number of carbonyl (C=O) groups is 1. The van der Waals surface area contributed by atoms with Gasteiger partial charge in [0.25, 0.3) is 0 Å². The molecule has 2 aromatic carbocycles. The summed E-state index contributed by atoms with van der Waals surface area (Å²) in [7, 11) is -6.16. The Morgan fingerprint density at radius 1 is 0.867 bits per heavy atom. The lowest BCUT2D eigenvalue weighted by molar-refractivity contribution is -0.116. The number of anilines is 1. The summed E-state index contributed by atoms with van der Waals surface area (Å²) in [5, 5.41) is 2.97. The fourth-order valence-electron chi connectivity index (χ4n) is 2.70. The van der Waals surface area contributed by atoms with E-state index in [1.165, 1.54) is 59.9 Å². The van der Waals surface area contributed by atoms with E-state index in [0.29, 0.717) is 23.8 Å².